The standard InChI is InChI=1S/C12H15N5O3/c1-7-4-17(5-9(20-7)12(18)19-2)11-8-3-15-16-10(8)13-6-14-11/h3,6-7,9H,4-5H2,1-2H3,(H,13,14,15,16)/t7-,9?/m1/s1. The van der Waals surface area contributed by atoms with E-state index >= 15 is 0 Å². The van der Waals surface area contributed by atoms with Crippen LogP contribution in [-0.4, -0.2) is 58.5 Å². The summed E-state index contributed by atoms with van der Waals surface area (Å²) in [6.07, 6.45) is 2.45. The van der Waals surface area contributed by atoms with Crippen molar-refractivity contribution in [3.8, 4) is 0 Å². The Labute approximate surface area is 115 Å². The molecule has 1 unspecified atom stereocenters. The Kier molecular flexibility index (Phi) is 3.23. The summed E-state index contributed by atoms with van der Waals surface area (Å²) in [6.45, 7) is 2.95. The molecule has 8 nitrogen and oxygen atoms in total. The van der Waals surface area contributed by atoms with E-state index in [4.69, 9.17) is 9.47 Å². The van der Waals surface area contributed by atoms with Crippen molar-refractivity contribution in [2.75, 3.05) is 25.1 Å². The van der Waals surface area contributed by atoms with E-state index in [2.05, 4.69) is 20.2 Å². The van der Waals surface area contributed by atoms with Crippen LogP contribution in [0.4, 0.5) is 5.82 Å². The molecule has 0 bridgehead atoms. The maximum atomic E-state index is 11.7. The summed E-state index contributed by atoms with van der Waals surface area (Å²) in [4.78, 5) is 22.1. The molecule has 1 aliphatic heterocycles. The first-order valence-electron chi connectivity index (χ1n) is 6.31. The molecule has 1 N–H and O–H groups in total. The van der Waals surface area contributed by atoms with Gasteiger partial charge in [0.1, 0.15) is 12.1 Å². The highest BCUT2D eigenvalue weighted by atomic mass is 16.6. The van der Waals surface area contributed by atoms with E-state index in [-0.39, 0.29) is 12.1 Å². The maximum Gasteiger partial charge on any atom is 0.336 e. The number of carbonyl (C=O) groups is 1. The minimum absolute atomic E-state index is 0.0928. The molecule has 1 fully saturated rings. The monoisotopic (exact) mass is 277 g/mol. The zero-order chi connectivity index (χ0) is 14.1. The molecule has 2 atom stereocenters. The van der Waals surface area contributed by atoms with Crippen molar-refractivity contribution >= 4 is 22.8 Å². The molecule has 3 heterocycles. The van der Waals surface area contributed by atoms with Crippen LogP contribution in [0.3, 0.4) is 0 Å². The van der Waals surface area contributed by atoms with Crippen molar-refractivity contribution in [2.45, 2.75) is 19.1 Å². The predicted octanol–water partition coefficient (Wildman–Crippen LogP) is 0.120. The van der Waals surface area contributed by atoms with E-state index in [0.29, 0.717) is 18.7 Å². The van der Waals surface area contributed by atoms with Gasteiger partial charge in [-0.3, -0.25) is 5.10 Å². The smallest absolute Gasteiger partial charge is 0.336 e. The van der Waals surface area contributed by atoms with Crippen LogP contribution in [0.1, 0.15) is 6.92 Å². The number of aromatic amines is 1. The number of rotatable bonds is 2. The molecule has 3 rings (SSSR count). The number of hydrogen-bond acceptors (Lipinski definition) is 7. The fourth-order valence-corrected chi connectivity index (χ4v) is 2.39. The third-order valence-corrected chi connectivity index (χ3v) is 3.25. The summed E-state index contributed by atoms with van der Waals surface area (Å²) >= 11 is 0. The average Bonchev–Trinajstić information content (AvgIpc) is 2.94. The lowest BCUT2D eigenvalue weighted by atomic mass is 10.2. The summed E-state index contributed by atoms with van der Waals surface area (Å²) in [5, 5.41) is 7.60. The number of nitrogens with zero attached hydrogens (tertiary/aromatic N) is 4. The van der Waals surface area contributed by atoms with Gasteiger partial charge in [0, 0.05) is 6.54 Å². The quantitative estimate of drug-likeness (QED) is 0.779. The van der Waals surface area contributed by atoms with Gasteiger partial charge in [0.05, 0.1) is 31.3 Å². The average molecular weight is 277 g/mol. The minimum Gasteiger partial charge on any atom is -0.467 e. The molecule has 106 valence electrons. The van der Waals surface area contributed by atoms with Crippen LogP contribution in [0.5, 0.6) is 0 Å². The lowest BCUT2D eigenvalue weighted by molar-refractivity contribution is -0.158. The molecule has 1 saturated heterocycles. The molecule has 0 aliphatic carbocycles. The number of esters is 1. The van der Waals surface area contributed by atoms with Crippen molar-refractivity contribution in [1.82, 2.24) is 20.2 Å². The molecule has 8 heteroatoms. The summed E-state index contributed by atoms with van der Waals surface area (Å²) in [5.41, 5.74) is 0.670. The van der Waals surface area contributed by atoms with E-state index < -0.39 is 6.10 Å². The fourth-order valence-electron chi connectivity index (χ4n) is 2.39. The van der Waals surface area contributed by atoms with Crippen molar-refractivity contribution in [3.05, 3.63) is 12.5 Å². The molecule has 0 spiro atoms. The first kappa shape index (κ1) is 12.8. The van der Waals surface area contributed by atoms with Crippen LogP contribution in [-0.2, 0) is 14.3 Å². The number of nitrogens with one attached hydrogen (secondary N) is 1. The predicted molar refractivity (Wildman–Crippen MR) is 70.2 cm³/mol. The second-order valence-corrected chi connectivity index (χ2v) is 4.69. The number of aromatic nitrogens is 4. The van der Waals surface area contributed by atoms with Crippen molar-refractivity contribution in [3.63, 3.8) is 0 Å². The summed E-state index contributed by atoms with van der Waals surface area (Å²) in [6, 6.07) is 0. The van der Waals surface area contributed by atoms with E-state index in [1.165, 1.54) is 13.4 Å². The maximum absolute atomic E-state index is 11.7. The lowest BCUT2D eigenvalue weighted by Gasteiger charge is -2.36. The highest BCUT2D eigenvalue weighted by molar-refractivity contribution is 5.86. The van der Waals surface area contributed by atoms with Crippen LogP contribution in [0.2, 0.25) is 0 Å². The zero-order valence-corrected chi connectivity index (χ0v) is 11.2. The number of morpholine rings is 1. The third-order valence-electron chi connectivity index (χ3n) is 3.25. The molecule has 0 aromatic carbocycles. The van der Waals surface area contributed by atoms with Crippen LogP contribution in [0.25, 0.3) is 11.0 Å². The Morgan fingerprint density at radius 2 is 2.35 bits per heavy atom. The molecule has 20 heavy (non-hydrogen) atoms. The number of ether oxygens (including phenoxy) is 2. The SMILES string of the molecule is COC(=O)C1CN(c2ncnc3[nH]ncc23)C[C@@H](C)O1. The second-order valence-electron chi connectivity index (χ2n) is 4.69. The Bertz CT molecular complexity index is 628. The third kappa shape index (κ3) is 2.18. The molecule has 0 amide bonds. The second kappa shape index (κ2) is 5.04. The summed E-state index contributed by atoms with van der Waals surface area (Å²) in [7, 11) is 1.36. The van der Waals surface area contributed by atoms with Gasteiger partial charge in [-0.2, -0.15) is 5.10 Å². The first-order valence-corrected chi connectivity index (χ1v) is 6.31. The Balaban J connectivity index is 1.92. The largest absolute Gasteiger partial charge is 0.467 e. The van der Waals surface area contributed by atoms with E-state index in [1.54, 1.807) is 6.20 Å². The Morgan fingerprint density at radius 3 is 3.15 bits per heavy atom. The van der Waals surface area contributed by atoms with Gasteiger partial charge in [-0.15, -0.1) is 0 Å². The van der Waals surface area contributed by atoms with Gasteiger partial charge < -0.3 is 14.4 Å². The number of hydrogen-bond donors (Lipinski definition) is 1. The number of anilines is 1. The van der Waals surface area contributed by atoms with Gasteiger partial charge >= 0.3 is 5.97 Å². The molecular formula is C12H15N5O3. The molecule has 2 aromatic rings. The number of methoxy groups -OCH3 is 1. The van der Waals surface area contributed by atoms with Gasteiger partial charge in [0.25, 0.3) is 0 Å². The molecular weight excluding hydrogens is 262 g/mol. The van der Waals surface area contributed by atoms with Crippen LogP contribution in [0, 0.1) is 0 Å². The summed E-state index contributed by atoms with van der Waals surface area (Å²) in [5.74, 6) is 0.367. The van der Waals surface area contributed by atoms with Crippen LogP contribution >= 0.6 is 0 Å². The Hall–Kier alpha value is -2.22. The first-order chi connectivity index (χ1) is 9.69. The minimum atomic E-state index is -0.610. The van der Waals surface area contributed by atoms with Crippen molar-refractivity contribution < 1.29 is 14.3 Å². The van der Waals surface area contributed by atoms with E-state index in [0.717, 1.165) is 11.2 Å². The van der Waals surface area contributed by atoms with Gasteiger partial charge in [0.2, 0.25) is 0 Å². The van der Waals surface area contributed by atoms with Gasteiger partial charge in [-0.25, -0.2) is 14.8 Å². The van der Waals surface area contributed by atoms with Crippen LogP contribution in [0.15, 0.2) is 12.5 Å². The van der Waals surface area contributed by atoms with Gasteiger partial charge in [-0.05, 0) is 6.92 Å². The van der Waals surface area contributed by atoms with Crippen molar-refractivity contribution in [1.29, 1.82) is 0 Å². The normalized spacial score (nSPS) is 23.0. The molecule has 2 aromatic heterocycles. The fraction of sp³-hybridized carbons (Fsp3) is 0.500. The molecule has 0 saturated carbocycles. The van der Waals surface area contributed by atoms with Crippen LogP contribution < -0.4 is 4.90 Å². The number of fused-ring (bicyclic) bond motifs is 1. The highest BCUT2D eigenvalue weighted by Gasteiger charge is 2.32. The van der Waals surface area contributed by atoms with Crippen molar-refractivity contribution in [2.24, 2.45) is 0 Å². The highest BCUT2D eigenvalue weighted by Crippen LogP contribution is 2.24. The van der Waals surface area contributed by atoms with E-state index in [1.807, 2.05) is 11.8 Å². The molecule has 0 radical (unpaired) electrons. The molecule has 1 aliphatic rings. The number of carbonyl (C=O) groups excluding carboxylic acids is 1. The summed E-state index contributed by atoms with van der Waals surface area (Å²) < 4.78 is 10.4. The van der Waals surface area contributed by atoms with E-state index in [9.17, 15) is 4.79 Å². The topological polar surface area (TPSA) is 93.2 Å². The van der Waals surface area contributed by atoms with Gasteiger partial charge in [0.15, 0.2) is 11.8 Å². The van der Waals surface area contributed by atoms with Gasteiger partial charge in [-0.1, -0.05) is 0 Å². The number of H-pyrrole nitrogens is 1. The Morgan fingerprint density at radius 1 is 1.50 bits per heavy atom. The lowest BCUT2D eigenvalue weighted by Crippen LogP contribution is -2.50. The zero-order valence-electron chi connectivity index (χ0n) is 11.2.